The van der Waals surface area contributed by atoms with Gasteiger partial charge in [-0.1, -0.05) is 18.2 Å². The van der Waals surface area contributed by atoms with E-state index in [9.17, 15) is 4.79 Å². The van der Waals surface area contributed by atoms with Gasteiger partial charge in [0.25, 0.3) is 5.91 Å². The van der Waals surface area contributed by atoms with Crippen molar-refractivity contribution in [3.8, 4) is 5.75 Å². The monoisotopic (exact) mass is 286 g/mol. The highest BCUT2D eigenvalue weighted by molar-refractivity contribution is 5.93. The molecule has 1 atom stereocenters. The molecule has 1 aliphatic heterocycles. The van der Waals surface area contributed by atoms with Gasteiger partial charge in [-0.25, -0.2) is 0 Å². The predicted octanol–water partition coefficient (Wildman–Crippen LogP) is 2.03. The third-order valence-electron chi connectivity index (χ3n) is 3.59. The van der Waals surface area contributed by atoms with Crippen molar-refractivity contribution in [3.05, 3.63) is 54.0 Å². The average Bonchev–Trinajstić information content (AvgIpc) is 3.14. The Bertz CT molecular complexity index is 609. The molecule has 110 valence electrons. The second kappa shape index (κ2) is 6.01. The van der Waals surface area contributed by atoms with E-state index in [1.54, 1.807) is 11.0 Å². The van der Waals surface area contributed by atoms with Gasteiger partial charge < -0.3 is 19.8 Å². The Morgan fingerprint density at radius 3 is 2.86 bits per heavy atom. The number of para-hydroxylation sites is 1. The lowest BCUT2D eigenvalue weighted by molar-refractivity contribution is 0.0755. The van der Waals surface area contributed by atoms with Gasteiger partial charge in [0, 0.05) is 24.7 Å². The molecule has 5 heteroatoms. The molecule has 3 rings (SSSR count). The SMILES string of the molecule is NC1CCN(C(=O)c2occc2COc2ccccc2)C1. The number of nitrogens with zero attached hydrogens (tertiary/aromatic N) is 1. The molecule has 0 aliphatic carbocycles. The molecule has 0 bridgehead atoms. The number of carbonyl (C=O) groups excluding carboxylic acids is 1. The van der Waals surface area contributed by atoms with Crippen LogP contribution in [-0.2, 0) is 6.61 Å². The number of nitrogens with two attached hydrogens (primary N) is 1. The van der Waals surface area contributed by atoms with Crippen molar-refractivity contribution in [2.24, 2.45) is 5.73 Å². The fraction of sp³-hybridized carbons (Fsp3) is 0.312. The summed E-state index contributed by atoms with van der Waals surface area (Å²) in [6, 6.07) is 11.3. The van der Waals surface area contributed by atoms with Crippen LogP contribution >= 0.6 is 0 Å². The van der Waals surface area contributed by atoms with Gasteiger partial charge in [0.2, 0.25) is 0 Å². The molecule has 5 nitrogen and oxygen atoms in total. The Hall–Kier alpha value is -2.27. The summed E-state index contributed by atoms with van der Waals surface area (Å²) in [5.41, 5.74) is 6.59. The zero-order valence-corrected chi connectivity index (χ0v) is 11.7. The summed E-state index contributed by atoms with van der Waals surface area (Å²) >= 11 is 0. The molecule has 1 amide bonds. The number of hydrogen-bond acceptors (Lipinski definition) is 4. The standard InChI is InChI=1S/C16H18N2O3/c17-13-6-8-18(10-13)16(19)15-12(7-9-20-15)11-21-14-4-2-1-3-5-14/h1-5,7,9,13H,6,8,10-11,17H2. The Kier molecular flexibility index (Phi) is 3.92. The maximum atomic E-state index is 12.4. The van der Waals surface area contributed by atoms with E-state index in [0.29, 0.717) is 25.5 Å². The van der Waals surface area contributed by atoms with Crippen LogP contribution in [0.1, 0.15) is 22.5 Å². The second-order valence-electron chi connectivity index (χ2n) is 5.18. The summed E-state index contributed by atoms with van der Waals surface area (Å²) in [7, 11) is 0. The number of carbonyl (C=O) groups is 1. The molecule has 1 aromatic heterocycles. The lowest BCUT2D eigenvalue weighted by atomic mass is 10.2. The molecule has 2 heterocycles. The van der Waals surface area contributed by atoms with E-state index in [0.717, 1.165) is 17.7 Å². The highest BCUT2D eigenvalue weighted by Gasteiger charge is 2.28. The van der Waals surface area contributed by atoms with E-state index in [1.165, 1.54) is 6.26 Å². The van der Waals surface area contributed by atoms with Gasteiger partial charge in [-0.05, 0) is 24.6 Å². The largest absolute Gasteiger partial charge is 0.489 e. The van der Waals surface area contributed by atoms with Gasteiger partial charge in [0.1, 0.15) is 12.4 Å². The lowest BCUT2D eigenvalue weighted by Crippen LogP contribution is -2.32. The van der Waals surface area contributed by atoms with E-state index < -0.39 is 0 Å². The molecule has 1 saturated heterocycles. The summed E-state index contributed by atoms with van der Waals surface area (Å²) in [5.74, 6) is 1.000. The van der Waals surface area contributed by atoms with Gasteiger partial charge in [-0.3, -0.25) is 4.79 Å². The second-order valence-corrected chi connectivity index (χ2v) is 5.18. The van der Waals surface area contributed by atoms with Gasteiger partial charge in [0.15, 0.2) is 5.76 Å². The van der Waals surface area contributed by atoms with Crippen LogP contribution in [-0.4, -0.2) is 29.9 Å². The van der Waals surface area contributed by atoms with Crippen LogP contribution in [0.25, 0.3) is 0 Å². The van der Waals surface area contributed by atoms with Crippen LogP contribution in [0.15, 0.2) is 47.1 Å². The van der Waals surface area contributed by atoms with E-state index in [-0.39, 0.29) is 11.9 Å². The predicted molar refractivity (Wildman–Crippen MR) is 78.0 cm³/mol. The van der Waals surface area contributed by atoms with Crippen molar-refractivity contribution in [2.45, 2.75) is 19.1 Å². The van der Waals surface area contributed by atoms with Crippen LogP contribution < -0.4 is 10.5 Å². The minimum atomic E-state index is -0.111. The van der Waals surface area contributed by atoms with Gasteiger partial charge >= 0.3 is 0 Å². The molecule has 21 heavy (non-hydrogen) atoms. The summed E-state index contributed by atoms with van der Waals surface area (Å²) in [6.45, 7) is 1.57. The third kappa shape index (κ3) is 3.08. The zero-order chi connectivity index (χ0) is 14.7. The molecular weight excluding hydrogens is 268 g/mol. The highest BCUT2D eigenvalue weighted by atomic mass is 16.5. The van der Waals surface area contributed by atoms with Crippen molar-refractivity contribution in [1.82, 2.24) is 4.90 Å². The number of amides is 1. The van der Waals surface area contributed by atoms with Crippen LogP contribution in [0.2, 0.25) is 0 Å². The first kappa shape index (κ1) is 13.7. The molecule has 0 saturated carbocycles. The van der Waals surface area contributed by atoms with E-state index in [2.05, 4.69) is 0 Å². The minimum Gasteiger partial charge on any atom is -0.489 e. The zero-order valence-electron chi connectivity index (χ0n) is 11.7. The first-order valence-corrected chi connectivity index (χ1v) is 7.03. The van der Waals surface area contributed by atoms with Gasteiger partial charge in [0.05, 0.1) is 6.26 Å². The molecule has 1 unspecified atom stereocenters. The fourth-order valence-corrected chi connectivity index (χ4v) is 2.43. The summed E-state index contributed by atoms with van der Waals surface area (Å²) < 4.78 is 11.0. The number of hydrogen-bond donors (Lipinski definition) is 1. The van der Waals surface area contributed by atoms with E-state index in [1.807, 2.05) is 30.3 Å². The molecule has 0 radical (unpaired) electrons. The lowest BCUT2D eigenvalue weighted by Gasteiger charge is -2.15. The molecular formula is C16H18N2O3. The van der Waals surface area contributed by atoms with Crippen molar-refractivity contribution >= 4 is 5.91 Å². The maximum absolute atomic E-state index is 12.4. The number of benzene rings is 1. The normalized spacial score (nSPS) is 18.0. The summed E-state index contributed by atoms with van der Waals surface area (Å²) in [5, 5.41) is 0. The third-order valence-corrected chi connectivity index (χ3v) is 3.59. The first-order chi connectivity index (χ1) is 10.2. The van der Waals surface area contributed by atoms with Crippen LogP contribution in [0.4, 0.5) is 0 Å². The van der Waals surface area contributed by atoms with Crippen molar-refractivity contribution in [2.75, 3.05) is 13.1 Å². The highest BCUT2D eigenvalue weighted by Crippen LogP contribution is 2.19. The average molecular weight is 286 g/mol. The topological polar surface area (TPSA) is 68.7 Å². The molecule has 1 aromatic carbocycles. The molecule has 0 spiro atoms. The Morgan fingerprint density at radius 2 is 2.14 bits per heavy atom. The first-order valence-electron chi connectivity index (χ1n) is 7.03. The minimum absolute atomic E-state index is 0.0629. The Morgan fingerprint density at radius 1 is 1.33 bits per heavy atom. The summed E-state index contributed by atoms with van der Waals surface area (Å²) in [6.07, 6.45) is 2.36. The molecule has 2 N–H and O–H groups in total. The van der Waals surface area contributed by atoms with Crippen LogP contribution in [0, 0.1) is 0 Å². The molecule has 2 aromatic rings. The van der Waals surface area contributed by atoms with Crippen LogP contribution in [0.5, 0.6) is 5.75 Å². The van der Waals surface area contributed by atoms with E-state index in [4.69, 9.17) is 14.9 Å². The van der Waals surface area contributed by atoms with Gasteiger partial charge in [-0.2, -0.15) is 0 Å². The number of ether oxygens (including phenoxy) is 1. The Balaban J connectivity index is 1.68. The smallest absolute Gasteiger partial charge is 0.290 e. The number of rotatable bonds is 4. The number of furan rings is 1. The molecule has 1 aliphatic rings. The maximum Gasteiger partial charge on any atom is 0.290 e. The van der Waals surface area contributed by atoms with Crippen molar-refractivity contribution in [1.29, 1.82) is 0 Å². The van der Waals surface area contributed by atoms with Crippen molar-refractivity contribution < 1.29 is 13.9 Å². The summed E-state index contributed by atoms with van der Waals surface area (Å²) in [4.78, 5) is 14.1. The fourth-order valence-electron chi connectivity index (χ4n) is 2.43. The molecule has 1 fully saturated rings. The van der Waals surface area contributed by atoms with Crippen LogP contribution in [0.3, 0.4) is 0 Å². The van der Waals surface area contributed by atoms with Crippen molar-refractivity contribution in [3.63, 3.8) is 0 Å². The number of likely N-dealkylation sites (tertiary alicyclic amines) is 1. The quantitative estimate of drug-likeness (QED) is 0.933. The van der Waals surface area contributed by atoms with E-state index >= 15 is 0 Å². The Labute approximate surface area is 123 Å². The van der Waals surface area contributed by atoms with Gasteiger partial charge in [-0.15, -0.1) is 0 Å².